The summed E-state index contributed by atoms with van der Waals surface area (Å²) in [5.74, 6) is 0. The van der Waals surface area contributed by atoms with E-state index in [1.54, 1.807) is 0 Å². The van der Waals surface area contributed by atoms with Gasteiger partial charge in [0.15, 0.2) is 0 Å². The molecule has 0 radical (unpaired) electrons. The molecule has 0 aromatic carbocycles. The van der Waals surface area contributed by atoms with E-state index in [1.807, 2.05) is 12.4 Å². The molecule has 3 nitrogen and oxygen atoms in total. The average Bonchev–Trinajstić information content (AvgIpc) is 2.83. The van der Waals surface area contributed by atoms with Gasteiger partial charge in [0.2, 0.25) is 0 Å². The summed E-state index contributed by atoms with van der Waals surface area (Å²) in [5, 5.41) is 3.82. The minimum absolute atomic E-state index is 0.430. The molecule has 3 rings (SSSR count). The molecule has 98 valence electrons. The van der Waals surface area contributed by atoms with E-state index in [0.717, 1.165) is 6.04 Å². The van der Waals surface area contributed by atoms with Gasteiger partial charge in [-0.3, -0.25) is 9.88 Å². The molecule has 3 heteroatoms. The van der Waals surface area contributed by atoms with E-state index in [1.165, 1.54) is 44.3 Å². The number of rotatable bonds is 3. The second kappa shape index (κ2) is 5.37. The number of fused-ring (bicyclic) bond motifs is 1. The van der Waals surface area contributed by atoms with Crippen LogP contribution in [0.1, 0.15) is 44.2 Å². The van der Waals surface area contributed by atoms with Crippen molar-refractivity contribution in [3.05, 3.63) is 30.1 Å². The first-order valence-electron chi connectivity index (χ1n) is 7.24. The Bertz CT molecular complexity index is 379. The topological polar surface area (TPSA) is 28.2 Å². The third-order valence-corrected chi connectivity index (χ3v) is 4.53. The van der Waals surface area contributed by atoms with Crippen LogP contribution in [-0.2, 0) is 0 Å². The van der Waals surface area contributed by atoms with Gasteiger partial charge in [-0.2, -0.15) is 0 Å². The normalized spacial score (nSPS) is 30.1. The fourth-order valence-electron chi connectivity index (χ4n) is 3.51. The van der Waals surface area contributed by atoms with Crippen LogP contribution in [0.3, 0.4) is 0 Å². The van der Waals surface area contributed by atoms with Crippen molar-refractivity contribution in [1.29, 1.82) is 0 Å². The van der Waals surface area contributed by atoms with Gasteiger partial charge in [0.25, 0.3) is 0 Å². The van der Waals surface area contributed by atoms with Crippen molar-refractivity contribution >= 4 is 0 Å². The van der Waals surface area contributed by atoms with Crippen molar-refractivity contribution in [3.63, 3.8) is 0 Å². The predicted molar refractivity (Wildman–Crippen MR) is 73.4 cm³/mol. The zero-order chi connectivity index (χ0) is 12.4. The molecule has 2 fully saturated rings. The van der Waals surface area contributed by atoms with Gasteiger partial charge in [0.1, 0.15) is 0 Å². The van der Waals surface area contributed by atoms with Crippen molar-refractivity contribution in [2.45, 2.75) is 50.7 Å². The van der Waals surface area contributed by atoms with Crippen LogP contribution < -0.4 is 5.32 Å². The molecule has 18 heavy (non-hydrogen) atoms. The van der Waals surface area contributed by atoms with Gasteiger partial charge in [-0.15, -0.1) is 0 Å². The standard InChI is InChI=1S/C15H23N3/c1-12(13-5-8-16-9-6-13)17-14-7-11-18-10-3-2-4-15(14)18/h5-6,8-9,12,14-15,17H,2-4,7,10-11H2,1H3/t12-,14?,15?/m1/s1. The molecule has 0 saturated carbocycles. The van der Waals surface area contributed by atoms with E-state index >= 15 is 0 Å². The van der Waals surface area contributed by atoms with Crippen LogP contribution in [0.15, 0.2) is 24.5 Å². The van der Waals surface area contributed by atoms with Crippen LogP contribution in [0.25, 0.3) is 0 Å². The van der Waals surface area contributed by atoms with Crippen LogP contribution >= 0.6 is 0 Å². The molecule has 2 aliphatic rings. The summed E-state index contributed by atoms with van der Waals surface area (Å²) in [7, 11) is 0. The van der Waals surface area contributed by atoms with E-state index in [9.17, 15) is 0 Å². The third kappa shape index (κ3) is 2.43. The highest BCUT2D eigenvalue weighted by Crippen LogP contribution is 2.28. The molecule has 0 aliphatic carbocycles. The predicted octanol–water partition coefficient (Wildman–Crippen LogP) is 2.36. The Hall–Kier alpha value is -0.930. The molecule has 0 amide bonds. The number of nitrogens with zero attached hydrogens (tertiary/aromatic N) is 2. The van der Waals surface area contributed by atoms with Gasteiger partial charge in [-0.1, -0.05) is 6.42 Å². The Balaban J connectivity index is 1.63. The van der Waals surface area contributed by atoms with Crippen molar-refractivity contribution in [3.8, 4) is 0 Å². The molecule has 2 saturated heterocycles. The van der Waals surface area contributed by atoms with Crippen LogP contribution in [0.5, 0.6) is 0 Å². The molecule has 3 atom stereocenters. The molecular weight excluding hydrogens is 222 g/mol. The van der Waals surface area contributed by atoms with E-state index in [4.69, 9.17) is 0 Å². The summed E-state index contributed by atoms with van der Waals surface area (Å²) in [6.07, 6.45) is 9.25. The van der Waals surface area contributed by atoms with E-state index in [-0.39, 0.29) is 0 Å². The van der Waals surface area contributed by atoms with Crippen LogP contribution in [0.2, 0.25) is 0 Å². The van der Waals surface area contributed by atoms with Crippen LogP contribution in [-0.4, -0.2) is 35.1 Å². The highest BCUT2D eigenvalue weighted by molar-refractivity contribution is 5.14. The summed E-state index contributed by atoms with van der Waals surface area (Å²) in [5.41, 5.74) is 1.35. The average molecular weight is 245 g/mol. The SMILES string of the molecule is C[C@@H](NC1CCN2CCCCC12)c1ccncc1. The Kier molecular flexibility index (Phi) is 3.62. The molecule has 1 aromatic heterocycles. The lowest BCUT2D eigenvalue weighted by Gasteiger charge is -2.33. The maximum absolute atomic E-state index is 4.09. The Labute approximate surface area is 110 Å². The van der Waals surface area contributed by atoms with Gasteiger partial charge in [0.05, 0.1) is 0 Å². The summed E-state index contributed by atoms with van der Waals surface area (Å²) in [4.78, 5) is 6.77. The minimum atomic E-state index is 0.430. The van der Waals surface area contributed by atoms with Crippen LogP contribution in [0.4, 0.5) is 0 Å². The highest BCUT2D eigenvalue weighted by atomic mass is 15.2. The summed E-state index contributed by atoms with van der Waals surface area (Å²) < 4.78 is 0. The molecule has 2 aliphatic heterocycles. The number of hydrogen-bond donors (Lipinski definition) is 1. The number of aromatic nitrogens is 1. The second-order valence-electron chi connectivity index (χ2n) is 5.66. The molecule has 2 unspecified atom stereocenters. The summed E-state index contributed by atoms with van der Waals surface area (Å²) in [6, 6.07) is 6.12. The van der Waals surface area contributed by atoms with Crippen molar-refractivity contribution in [1.82, 2.24) is 15.2 Å². The van der Waals surface area contributed by atoms with Crippen molar-refractivity contribution in [2.75, 3.05) is 13.1 Å². The molecule has 0 spiro atoms. The summed E-state index contributed by atoms with van der Waals surface area (Å²) >= 11 is 0. The fourth-order valence-corrected chi connectivity index (χ4v) is 3.51. The zero-order valence-corrected chi connectivity index (χ0v) is 11.2. The second-order valence-corrected chi connectivity index (χ2v) is 5.66. The number of nitrogens with one attached hydrogen (secondary N) is 1. The molecule has 1 N–H and O–H groups in total. The maximum Gasteiger partial charge on any atom is 0.0296 e. The van der Waals surface area contributed by atoms with Gasteiger partial charge < -0.3 is 5.32 Å². The van der Waals surface area contributed by atoms with Crippen molar-refractivity contribution in [2.24, 2.45) is 0 Å². The van der Waals surface area contributed by atoms with Gasteiger partial charge in [-0.25, -0.2) is 0 Å². The summed E-state index contributed by atoms with van der Waals surface area (Å²) in [6.45, 7) is 4.86. The Morgan fingerprint density at radius 1 is 1.22 bits per heavy atom. The Morgan fingerprint density at radius 3 is 2.89 bits per heavy atom. The molecule has 3 heterocycles. The first-order chi connectivity index (χ1) is 8.84. The quantitative estimate of drug-likeness (QED) is 0.886. The maximum atomic E-state index is 4.09. The highest BCUT2D eigenvalue weighted by Gasteiger charge is 2.35. The minimum Gasteiger partial charge on any atom is -0.306 e. The molecular formula is C15H23N3. The van der Waals surface area contributed by atoms with E-state index < -0.39 is 0 Å². The largest absolute Gasteiger partial charge is 0.306 e. The monoisotopic (exact) mass is 245 g/mol. The lowest BCUT2D eigenvalue weighted by atomic mass is 9.98. The van der Waals surface area contributed by atoms with Gasteiger partial charge >= 0.3 is 0 Å². The zero-order valence-electron chi connectivity index (χ0n) is 11.2. The smallest absolute Gasteiger partial charge is 0.0296 e. The lowest BCUT2D eigenvalue weighted by molar-refractivity contribution is 0.177. The van der Waals surface area contributed by atoms with Crippen molar-refractivity contribution < 1.29 is 0 Å². The number of hydrogen-bond acceptors (Lipinski definition) is 3. The Morgan fingerprint density at radius 2 is 2.06 bits per heavy atom. The van der Waals surface area contributed by atoms with E-state index in [2.05, 4.69) is 34.3 Å². The molecule has 1 aromatic rings. The fraction of sp³-hybridized carbons (Fsp3) is 0.667. The number of piperidine rings is 1. The number of pyridine rings is 1. The lowest BCUT2D eigenvalue weighted by Crippen LogP contribution is -2.45. The first-order valence-corrected chi connectivity index (χ1v) is 7.24. The van der Waals surface area contributed by atoms with E-state index in [0.29, 0.717) is 12.1 Å². The first kappa shape index (κ1) is 12.1. The van der Waals surface area contributed by atoms with Gasteiger partial charge in [-0.05, 0) is 50.4 Å². The van der Waals surface area contributed by atoms with Gasteiger partial charge in [0, 0.05) is 37.1 Å². The third-order valence-electron chi connectivity index (χ3n) is 4.53. The molecule has 0 bridgehead atoms. The van der Waals surface area contributed by atoms with Crippen LogP contribution in [0, 0.1) is 0 Å².